The maximum atomic E-state index is 3.48. The van der Waals surface area contributed by atoms with Gasteiger partial charge in [0.25, 0.3) is 0 Å². The van der Waals surface area contributed by atoms with Crippen LogP contribution in [0.25, 0.3) is 0 Å². The molecule has 0 saturated heterocycles. The highest BCUT2D eigenvalue weighted by molar-refractivity contribution is 7.98. The van der Waals surface area contributed by atoms with Crippen molar-refractivity contribution in [1.29, 1.82) is 0 Å². The first-order valence-corrected chi connectivity index (χ1v) is 7.41. The van der Waals surface area contributed by atoms with Crippen LogP contribution in [-0.4, -0.2) is 18.6 Å². The first kappa shape index (κ1) is 10.5. The summed E-state index contributed by atoms with van der Waals surface area (Å²) in [5, 5.41) is 3.48. The lowest BCUT2D eigenvalue weighted by Gasteiger charge is -2.00. The minimum atomic E-state index is 1.07. The van der Waals surface area contributed by atoms with Crippen LogP contribution in [0, 0.1) is 0 Å². The molecule has 14 heavy (non-hydrogen) atoms. The molecule has 1 aliphatic rings. The van der Waals surface area contributed by atoms with E-state index < -0.39 is 0 Å². The van der Waals surface area contributed by atoms with E-state index in [0.29, 0.717) is 0 Å². The molecule has 1 aliphatic carbocycles. The van der Waals surface area contributed by atoms with Gasteiger partial charge in [-0.05, 0) is 37.1 Å². The van der Waals surface area contributed by atoms with Crippen molar-refractivity contribution in [2.75, 3.05) is 18.6 Å². The number of thiophene rings is 1. The molecule has 3 heteroatoms. The molecular formula is C11H17NS2. The number of nitrogens with one attached hydrogen (secondary N) is 1. The predicted molar refractivity (Wildman–Crippen MR) is 66.4 cm³/mol. The maximum Gasteiger partial charge on any atom is 0.0300 e. The molecule has 1 nitrogen and oxygen atoms in total. The van der Waals surface area contributed by atoms with Gasteiger partial charge in [-0.25, -0.2) is 0 Å². The quantitative estimate of drug-likeness (QED) is 0.776. The van der Waals surface area contributed by atoms with Crippen LogP contribution in [0.5, 0.6) is 0 Å². The van der Waals surface area contributed by atoms with Crippen molar-refractivity contribution in [3.8, 4) is 0 Å². The molecule has 0 fully saturated rings. The molecule has 0 aliphatic heterocycles. The first-order valence-electron chi connectivity index (χ1n) is 5.20. The number of rotatable bonds is 5. The van der Waals surface area contributed by atoms with E-state index in [1.54, 1.807) is 10.4 Å². The second-order valence-corrected chi connectivity index (χ2v) is 5.89. The highest BCUT2D eigenvalue weighted by Crippen LogP contribution is 2.30. The lowest BCUT2D eigenvalue weighted by molar-refractivity contribution is 0.740. The van der Waals surface area contributed by atoms with Crippen LogP contribution in [0.1, 0.15) is 21.7 Å². The third-order valence-electron chi connectivity index (χ3n) is 2.58. The molecule has 1 N–H and O–H groups in total. The fraction of sp³-hybridized carbons (Fsp3) is 0.636. The van der Waals surface area contributed by atoms with Gasteiger partial charge in [-0.15, -0.1) is 11.3 Å². The van der Waals surface area contributed by atoms with E-state index >= 15 is 0 Å². The molecule has 1 aromatic heterocycles. The molecule has 0 saturated carbocycles. The van der Waals surface area contributed by atoms with Crippen molar-refractivity contribution in [2.45, 2.75) is 25.8 Å². The fourth-order valence-corrected chi connectivity index (χ4v) is 3.44. The average molecular weight is 227 g/mol. The van der Waals surface area contributed by atoms with E-state index in [0.717, 1.165) is 13.1 Å². The number of hydrogen-bond donors (Lipinski definition) is 1. The van der Waals surface area contributed by atoms with E-state index in [4.69, 9.17) is 0 Å². The third kappa shape index (κ3) is 2.53. The predicted octanol–water partition coefficient (Wildman–Crippen LogP) is 2.69. The summed E-state index contributed by atoms with van der Waals surface area (Å²) in [7, 11) is 0. The average Bonchev–Trinajstić information content (AvgIpc) is 2.72. The minimum Gasteiger partial charge on any atom is -0.311 e. The fourth-order valence-electron chi connectivity index (χ4n) is 1.86. The van der Waals surface area contributed by atoms with Crippen LogP contribution < -0.4 is 5.32 Å². The van der Waals surface area contributed by atoms with Gasteiger partial charge >= 0.3 is 0 Å². The molecule has 0 amide bonds. The Bertz CT molecular complexity index is 272. The maximum absolute atomic E-state index is 3.48. The van der Waals surface area contributed by atoms with Gasteiger partial charge in [-0.3, -0.25) is 0 Å². The van der Waals surface area contributed by atoms with Crippen LogP contribution >= 0.6 is 23.1 Å². The Hall–Kier alpha value is 0.01000. The Balaban J connectivity index is 1.79. The van der Waals surface area contributed by atoms with Crippen LogP contribution in [0.3, 0.4) is 0 Å². The summed E-state index contributed by atoms with van der Waals surface area (Å²) in [6.45, 7) is 2.20. The first-order chi connectivity index (χ1) is 6.90. The Labute approximate surface area is 94.3 Å². The monoisotopic (exact) mass is 227 g/mol. The van der Waals surface area contributed by atoms with E-state index in [9.17, 15) is 0 Å². The summed E-state index contributed by atoms with van der Waals surface area (Å²) in [6.07, 6.45) is 6.17. The smallest absolute Gasteiger partial charge is 0.0300 e. The highest BCUT2D eigenvalue weighted by Gasteiger charge is 2.13. The zero-order valence-electron chi connectivity index (χ0n) is 8.64. The zero-order valence-corrected chi connectivity index (χ0v) is 10.3. The summed E-state index contributed by atoms with van der Waals surface area (Å²) in [5.41, 5.74) is 1.62. The van der Waals surface area contributed by atoms with Crippen molar-refractivity contribution in [3.63, 3.8) is 0 Å². The standard InChI is InChI=1S/C11H17NS2/c1-13-6-5-12-8-10-7-9-3-2-4-11(9)14-10/h7,12H,2-6,8H2,1H3. The SMILES string of the molecule is CSCCNCc1cc2c(s1)CCC2. The van der Waals surface area contributed by atoms with E-state index in [-0.39, 0.29) is 0 Å². The van der Waals surface area contributed by atoms with Crippen molar-refractivity contribution in [3.05, 3.63) is 21.4 Å². The molecule has 0 aromatic carbocycles. The molecule has 0 unspecified atom stereocenters. The lowest BCUT2D eigenvalue weighted by atomic mass is 10.2. The molecule has 1 aromatic rings. The molecular weight excluding hydrogens is 210 g/mol. The zero-order chi connectivity index (χ0) is 9.80. The van der Waals surface area contributed by atoms with E-state index in [1.807, 2.05) is 23.1 Å². The minimum absolute atomic E-state index is 1.07. The number of aryl methyl sites for hydroxylation is 2. The second-order valence-electron chi connectivity index (χ2n) is 3.68. The summed E-state index contributed by atoms with van der Waals surface area (Å²) in [4.78, 5) is 3.17. The van der Waals surface area contributed by atoms with Crippen molar-refractivity contribution in [1.82, 2.24) is 5.32 Å². The van der Waals surface area contributed by atoms with Gasteiger partial charge in [0.05, 0.1) is 0 Å². The lowest BCUT2D eigenvalue weighted by Crippen LogP contribution is -2.15. The molecule has 0 bridgehead atoms. The van der Waals surface area contributed by atoms with Gasteiger partial charge in [0.2, 0.25) is 0 Å². The summed E-state index contributed by atoms with van der Waals surface area (Å²) >= 11 is 3.91. The third-order valence-corrected chi connectivity index (χ3v) is 4.43. The van der Waals surface area contributed by atoms with E-state index in [1.165, 1.54) is 29.9 Å². The van der Waals surface area contributed by atoms with Crippen LogP contribution in [-0.2, 0) is 19.4 Å². The molecule has 2 rings (SSSR count). The van der Waals surface area contributed by atoms with Crippen molar-refractivity contribution >= 4 is 23.1 Å². The van der Waals surface area contributed by atoms with Gasteiger partial charge < -0.3 is 5.32 Å². The van der Waals surface area contributed by atoms with Crippen molar-refractivity contribution in [2.24, 2.45) is 0 Å². The molecule has 0 atom stereocenters. The van der Waals surface area contributed by atoms with Gasteiger partial charge in [-0.1, -0.05) is 0 Å². The Kier molecular flexibility index (Phi) is 3.90. The summed E-state index contributed by atoms with van der Waals surface area (Å²) < 4.78 is 0. The van der Waals surface area contributed by atoms with Gasteiger partial charge in [0.1, 0.15) is 0 Å². The highest BCUT2D eigenvalue weighted by atomic mass is 32.2. The van der Waals surface area contributed by atoms with Crippen LogP contribution in [0.15, 0.2) is 6.07 Å². The van der Waals surface area contributed by atoms with Crippen LogP contribution in [0.4, 0.5) is 0 Å². The number of hydrogen-bond acceptors (Lipinski definition) is 3. The van der Waals surface area contributed by atoms with Crippen LogP contribution in [0.2, 0.25) is 0 Å². The normalized spacial score (nSPS) is 14.6. The van der Waals surface area contributed by atoms with Gasteiger partial charge in [0, 0.05) is 28.6 Å². The van der Waals surface area contributed by atoms with Crippen molar-refractivity contribution < 1.29 is 0 Å². The Morgan fingerprint density at radius 3 is 3.21 bits per heavy atom. The number of thioether (sulfide) groups is 1. The molecule has 0 radical (unpaired) electrons. The largest absolute Gasteiger partial charge is 0.311 e. The Morgan fingerprint density at radius 1 is 1.50 bits per heavy atom. The molecule has 1 heterocycles. The molecule has 0 spiro atoms. The summed E-state index contributed by atoms with van der Waals surface area (Å²) in [6, 6.07) is 2.40. The molecule has 78 valence electrons. The van der Waals surface area contributed by atoms with E-state index in [2.05, 4.69) is 17.6 Å². The topological polar surface area (TPSA) is 12.0 Å². The Morgan fingerprint density at radius 2 is 2.43 bits per heavy atom. The second kappa shape index (κ2) is 5.19. The van der Waals surface area contributed by atoms with Gasteiger partial charge in [0.15, 0.2) is 0 Å². The van der Waals surface area contributed by atoms with Gasteiger partial charge in [-0.2, -0.15) is 11.8 Å². The number of fused-ring (bicyclic) bond motifs is 1. The summed E-state index contributed by atoms with van der Waals surface area (Å²) in [5.74, 6) is 1.21.